The van der Waals surface area contributed by atoms with Gasteiger partial charge in [-0.25, -0.2) is 0 Å². The molecule has 63 heavy (non-hydrogen) atoms. The molecule has 360 valence electrons. The smallest absolute Gasteiger partial charge is 0.306 e. The number of carbonyl (C=O) groups excluding carboxylic acids is 3. The van der Waals surface area contributed by atoms with E-state index in [0.29, 0.717) is 19.3 Å². The Balaban J connectivity index is 4.44. The SMILES string of the molecule is CC/C=C\C/C=C\C/C=C\C/C=C\C/C=C\CCCCCC(=O)OCC(COC(=O)CCCCCCCCCCCC)OC(=O)CCCCCCC/C=C\C/C=C\CCCCCC. The van der Waals surface area contributed by atoms with E-state index in [4.69, 9.17) is 14.2 Å². The second-order valence-corrected chi connectivity index (χ2v) is 17.1. The molecule has 0 heterocycles. The van der Waals surface area contributed by atoms with Crippen LogP contribution in [0.15, 0.2) is 85.1 Å². The highest BCUT2D eigenvalue weighted by molar-refractivity contribution is 5.71. The molecular formula is C57H96O6. The predicted molar refractivity (Wildman–Crippen MR) is 270 cm³/mol. The molecule has 0 aromatic heterocycles. The fraction of sp³-hybridized carbons (Fsp3) is 0.702. The van der Waals surface area contributed by atoms with Gasteiger partial charge in [0, 0.05) is 19.3 Å². The van der Waals surface area contributed by atoms with Crippen molar-refractivity contribution in [1.29, 1.82) is 0 Å². The van der Waals surface area contributed by atoms with Gasteiger partial charge in [0.05, 0.1) is 0 Å². The summed E-state index contributed by atoms with van der Waals surface area (Å²) in [7, 11) is 0. The lowest BCUT2D eigenvalue weighted by molar-refractivity contribution is -0.167. The molecule has 0 fully saturated rings. The van der Waals surface area contributed by atoms with E-state index in [1.165, 1.54) is 77.0 Å². The molecule has 0 saturated carbocycles. The van der Waals surface area contributed by atoms with E-state index in [0.717, 1.165) is 122 Å². The number of ether oxygens (including phenoxy) is 3. The molecule has 0 aromatic rings. The van der Waals surface area contributed by atoms with Gasteiger partial charge in [-0.2, -0.15) is 0 Å². The third-order valence-electron chi connectivity index (χ3n) is 10.9. The summed E-state index contributed by atoms with van der Waals surface area (Å²) in [5, 5.41) is 0. The zero-order valence-corrected chi connectivity index (χ0v) is 41.1. The Morgan fingerprint density at radius 3 is 1.00 bits per heavy atom. The molecular weight excluding hydrogens is 781 g/mol. The fourth-order valence-electron chi connectivity index (χ4n) is 6.97. The van der Waals surface area contributed by atoms with Gasteiger partial charge in [0.25, 0.3) is 0 Å². The third kappa shape index (κ3) is 49.5. The summed E-state index contributed by atoms with van der Waals surface area (Å²) in [4.78, 5) is 37.9. The maximum absolute atomic E-state index is 12.8. The van der Waals surface area contributed by atoms with Crippen LogP contribution in [0.25, 0.3) is 0 Å². The van der Waals surface area contributed by atoms with Gasteiger partial charge < -0.3 is 14.2 Å². The summed E-state index contributed by atoms with van der Waals surface area (Å²) >= 11 is 0. The highest BCUT2D eigenvalue weighted by Crippen LogP contribution is 2.14. The normalized spacial score (nSPS) is 12.7. The number of rotatable bonds is 46. The minimum Gasteiger partial charge on any atom is -0.462 e. The molecule has 0 amide bonds. The van der Waals surface area contributed by atoms with Crippen molar-refractivity contribution in [3.8, 4) is 0 Å². The second kappa shape index (κ2) is 51.2. The standard InChI is InChI=1S/C57H96O6/c1-4-7-10-13-16-19-22-24-26-28-29-30-32-33-35-38-41-44-47-50-56(59)62-53-54(52-61-55(58)49-46-43-40-37-21-18-15-12-9-6-3)63-57(60)51-48-45-42-39-36-34-31-27-25-23-20-17-14-11-8-5-2/h7,10,16,19-20,23-24,26-27,29-31,33,35,54H,4-6,8-9,11-15,17-18,21-22,25,28,32,34,36-53H2,1-3H3/b10-7-,19-16-,23-20-,26-24-,30-29-,31-27-,35-33-. The van der Waals surface area contributed by atoms with Crippen LogP contribution >= 0.6 is 0 Å². The van der Waals surface area contributed by atoms with Gasteiger partial charge in [0.2, 0.25) is 0 Å². The first-order valence-electron chi connectivity index (χ1n) is 26.1. The Morgan fingerprint density at radius 1 is 0.333 bits per heavy atom. The van der Waals surface area contributed by atoms with Crippen LogP contribution in [0.3, 0.4) is 0 Å². The van der Waals surface area contributed by atoms with Crippen molar-refractivity contribution >= 4 is 17.9 Å². The van der Waals surface area contributed by atoms with Crippen LogP contribution in [0, 0.1) is 0 Å². The highest BCUT2D eigenvalue weighted by atomic mass is 16.6. The monoisotopic (exact) mass is 877 g/mol. The zero-order valence-electron chi connectivity index (χ0n) is 41.1. The molecule has 0 spiro atoms. The number of hydrogen-bond donors (Lipinski definition) is 0. The van der Waals surface area contributed by atoms with Gasteiger partial charge in [0.1, 0.15) is 13.2 Å². The number of carbonyl (C=O) groups is 3. The molecule has 0 rings (SSSR count). The van der Waals surface area contributed by atoms with Crippen molar-refractivity contribution in [2.45, 2.75) is 245 Å². The summed E-state index contributed by atoms with van der Waals surface area (Å²) in [6.07, 6.45) is 65.6. The minimum atomic E-state index is -0.795. The van der Waals surface area contributed by atoms with E-state index in [2.05, 4.69) is 106 Å². The van der Waals surface area contributed by atoms with Crippen LogP contribution in [-0.2, 0) is 28.6 Å². The zero-order chi connectivity index (χ0) is 45.8. The van der Waals surface area contributed by atoms with Crippen molar-refractivity contribution in [1.82, 2.24) is 0 Å². The minimum absolute atomic E-state index is 0.0921. The molecule has 0 saturated heterocycles. The Kier molecular flexibility index (Phi) is 48.5. The summed E-state index contributed by atoms with van der Waals surface area (Å²) in [5.74, 6) is -0.941. The van der Waals surface area contributed by atoms with E-state index in [1.807, 2.05) is 0 Å². The maximum Gasteiger partial charge on any atom is 0.306 e. The molecule has 0 aromatic carbocycles. The molecule has 1 unspecified atom stereocenters. The average molecular weight is 877 g/mol. The molecule has 0 aliphatic carbocycles. The quantitative estimate of drug-likeness (QED) is 0.0262. The molecule has 0 aliphatic heterocycles. The van der Waals surface area contributed by atoms with E-state index in [1.54, 1.807) is 0 Å². The van der Waals surface area contributed by atoms with Gasteiger partial charge >= 0.3 is 17.9 Å². The summed E-state index contributed by atoms with van der Waals surface area (Å²) in [6.45, 7) is 6.45. The molecule has 6 nitrogen and oxygen atoms in total. The van der Waals surface area contributed by atoms with Crippen LogP contribution in [0.2, 0.25) is 0 Å². The number of unbranched alkanes of at least 4 members (excludes halogenated alkanes) is 21. The van der Waals surface area contributed by atoms with Crippen molar-refractivity contribution in [3.05, 3.63) is 85.1 Å². The van der Waals surface area contributed by atoms with Crippen LogP contribution in [-0.4, -0.2) is 37.2 Å². The van der Waals surface area contributed by atoms with Crippen LogP contribution in [0.1, 0.15) is 239 Å². The van der Waals surface area contributed by atoms with Crippen molar-refractivity contribution in [3.63, 3.8) is 0 Å². The fourth-order valence-corrected chi connectivity index (χ4v) is 6.97. The van der Waals surface area contributed by atoms with Gasteiger partial charge in [-0.15, -0.1) is 0 Å². The number of allylic oxidation sites excluding steroid dienone is 14. The number of hydrogen-bond acceptors (Lipinski definition) is 6. The Labute approximate surface area is 388 Å². The number of esters is 3. The van der Waals surface area contributed by atoms with Gasteiger partial charge in [-0.1, -0.05) is 209 Å². The lowest BCUT2D eigenvalue weighted by Crippen LogP contribution is -2.30. The first-order chi connectivity index (χ1) is 31.0. The van der Waals surface area contributed by atoms with E-state index >= 15 is 0 Å². The Bertz CT molecular complexity index is 1240. The summed E-state index contributed by atoms with van der Waals surface area (Å²) in [6, 6.07) is 0. The first kappa shape index (κ1) is 59.6. The largest absolute Gasteiger partial charge is 0.462 e. The summed E-state index contributed by atoms with van der Waals surface area (Å²) < 4.78 is 16.7. The maximum atomic E-state index is 12.8. The summed E-state index contributed by atoms with van der Waals surface area (Å²) in [5.41, 5.74) is 0. The molecule has 0 bridgehead atoms. The molecule has 6 heteroatoms. The highest BCUT2D eigenvalue weighted by Gasteiger charge is 2.19. The van der Waals surface area contributed by atoms with Gasteiger partial charge in [-0.05, 0) is 96.3 Å². The Hall–Kier alpha value is -3.41. The third-order valence-corrected chi connectivity index (χ3v) is 10.9. The lowest BCUT2D eigenvalue weighted by Gasteiger charge is -2.18. The molecule has 0 N–H and O–H groups in total. The predicted octanol–water partition coefficient (Wildman–Crippen LogP) is 17.2. The van der Waals surface area contributed by atoms with Crippen LogP contribution in [0.5, 0.6) is 0 Å². The first-order valence-corrected chi connectivity index (χ1v) is 26.1. The molecule has 1 atom stereocenters. The topological polar surface area (TPSA) is 78.9 Å². The van der Waals surface area contributed by atoms with Crippen molar-refractivity contribution in [2.24, 2.45) is 0 Å². The molecule has 0 aliphatic rings. The van der Waals surface area contributed by atoms with E-state index in [-0.39, 0.29) is 31.1 Å². The van der Waals surface area contributed by atoms with Crippen LogP contribution < -0.4 is 0 Å². The van der Waals surface area contributed by atoms with Crippen LogP contribution in [0.4, 0.5) is 0 Å². The average Bonchev–Trinajstić information content (AvgIpc) is 3.28. The second-order valence-electron chi connectivity index (χ2n) is 17.1. The lowest BCUT2D eigenvalue weighted by atomic mass is 10.1. The van der Waals surface area contributed by atoms with Gasteiger partial charge in [0.15, 0.2) is 6.10 Å². The Morgan fingerprint density at radius 2 is 0.619 bits per heavy atom. The molecule has 0 radical (unpaired) electrons. The van der Waals surface area contributed by atoms with E-state index in [9.17, 15) is 14.4 Å². The van der Waals surface area contributed by atoms with Crippen molar-refractivity contribution in [2.75, 3.05) is 13.2 Å². The van der Waals surface area contributed by atoms with E-state index < -0.39 is 6.10 Å². The van der Waals surface area contributed by atoms with Gasteiger partial charge in [-0.3, -0.25) is 14.4 Å². The van der Waals surface area contributed by atoms with Crippen molar-refractivity contribution < 1.29 is 28.6 Å².